The minimum atomic E-state index is -0.122. The van der Waals surface area contributed by atoms with E-state index in [0.29, 0.717) is 47.5 Å². The zero-order chi connectivity index (χ0) is 19.4. The van der Waals surface area contributed by atoms with Crippen LogP contribution in [0, 0.1) is 6.92 Å². The van der Waals surface area contributed by atoms with Crippen LogP contribution in [0.4, 0.5) is 5.69 Å². The van der Waals surface area contributed by atoms with Gasteiger partial charge in [-0.05, 0) is 37.3 Å². The molecule has 0 unspecified atom stereocenters. The first-order valence-corrected chi connectivity index (χ1v) is 9.51. The fourth-order valence-corrected chi connectivity index (χ4v) is 3.28. The molecule has 27 heavy (non-hydrogen) atoms. The van der Waals surface area contributed by atoms with Gasteiger partial charge in [0, 0.05) is 44.2 Å². The summed E-state index contributed by atoms with van der Waals surface area (Å²) in [6.07, 6.45) is 0.341. The van der Waals surface area contributed by atoms with Crippen molar-refractivity contribution in [3.63, 3.8) is 0 Å². The monoisotopic (exact) mass is 409 g/mol. The van der Waals surface area contributed by atoms with Crippen LogP contribution in [0.2, 0.25) is 10.0 Å². The van der Waals surface area contributed by atoms with E-state index in [2.05, 4.69) is 10.2 Å². The molecule has 6 nitrogen and oxygen atoms in total. The lowest BCUT2D eigenvalue weighted by Crippen LogP contribution is -2.49. The normalized spacial score (nSPS) is 15.0. The van der Waals surface area contributed by atoms with Crippen LogP contribution in [0.3, 0.4) is 0 Å². The Labute approximate surface area is 168 Å². The van der Waals surface area contributed by atoms with E-state index in [4.69, 9.17) is 27.6 Å². The predicted octanol–water partition coefficient (Wildman–Crippen LogP) is 3.68. The summed E-state index contributed by atoms with van der Waals surface area (Å²) in [5.41, 5.74) is 0.512. The van der Waals surface area contributed by atoms with Crippen LogP contribution < -0.4 is 5.32 Å². The zero-order valence-electron chi connectivity index (χ0n) is 15.0. The molecule has 1 fully saturated rings. The molecule has 0 saturated carbocycles. The molecule has 2 heterocycles. The van der Waals surface area contributed by atoms with Crippen molar-refractivity contribution in [3.8, 4) is 0 Å². The van der Waals surface area contributed by atoms with E-state index in [1.165, 1.54) is 0 Å². The SMILES string of the molecule is Cc1ccc(C(=O)N2CCN(CCC(=O)Nc3cc(Cl)ccc3Cl)CC2)o1. The van der Waals surface area contributed by atoms with Gasteiger partial charge in [0.1, 0.15) is 5.76 Å². The third-order valence-corrected chi connectivity index (χ3v) is 5.03. The summed E-state index contributed by atoms with van der Waals surface area (Å²) in [7, 11) is 0. The first kappa shape index (κ1) is 19.7. The quantitative estimate of drug-likeness (QED) is 0.817. The summed E-state index contributed by atoms with van der Waals surface area (Å²) in [5, 5.41) is 3.75. The van der Waals surface area contributed by atoms with Crippen LogP contribution in [-0.2, 0) is 4.79 Å². The highest BCUT2D eigenvalue weighted by atomic mass is 35.5. The van der Waals surface area contributed by atoms with Crippen molar-refractivity contribution in [3.05, 3.63) is 51.9 Å². The van der Waals surface area contributed by atoms with E-state index in [1.54, 1.807) is 35.2 Å². The summed E-state index contributed by atoms with van der Waals surface area (Å²) in [6.45, 7) is 5.09. The molecular formula is C19H21Cl2N3O3. The van der Waals surface area contributed by atoms with Crippen molar-refractivity contribution in [2.45, 2.75) is 13.3 Å². The van der Waals surface area contributed by atoms with E-state index in [0.717, 1.165) is 18.8 Å². The number of carbonyl (C=O) groups excluding carboxylic acids is 2. The Kier molecular flexibility index (Phi) is 6.42. The van der Waals surface area contributed by atoms with Gasteiger partial charge in [0.25, 0.3) is 5.91 Å². The number of anilines is 1. The van der Waals surface area contributed by atoms with Gasteiger partial charge in [0.05, 0.1) is 10.7 Å². The van der Waals surface area contributed by atoms with Gasteiger partial charge in [-0.1, -0.05) is 23.2 Å². The Morgan fingerprint density at radius 2 is 1.85 bits per heavy atom. The van der Waals surface area contributed by atoms with Crippen molar-refractivity contribution in [1.82, 2.24) is 9.80 Å². The van der Waals surface area contributed by atoms with E-state index in [-0.39, 0.29) is 11.8 Å². The smallest absolute Gasteiger partial charge is 0.289 e. The van der Waals surface area contributed by atoms with Crippen LogP contribution in [-0.4, -0.2) is 54.3 Å². The second-order valence-corrected chi connectivity index (χ2v) is 7.31. The average Bonchev–Trinajstić information content (AvgIpc) is 3.09. The van der Waals surface area contributed by atoms with E-state index in [1.807, 2.05) is 6.92 Å². The van der Waals surface area contributed by atoms with Gasteiger partial charge in [-0.2, -0.15) is 0 Å². The third kappa shape index (κ3) is 5.25. The fraction of sp³-hybridized carbons (Fsp3) is 0.368. The molecule has 144 valence electrons. The zero-order valence-corrected chi connectivity index (χ0v) is 16.5. The Bertz CT molecular complexity index is 829. The Morgan fingerprint density at radius 3 is 2.52 bits per heavy atom. The summed E-state index contributed by atoms with van der Waals surface area (Å²) in [6, 6.07) is 8.44. The van der Waals surface area contributed by atoms with Crippen molar-refractivity contribution in [1.29, 1.82) is 0 Å². The molecular weight excluding hydrogens is 389 g/mol. The number of aryl methyl sites for hydroxylation is 1. The topological polar surface area (TPSA) is 65.8 Å². The standard InChI is InChI=1S/C19H21Cl2N3O3/c1-13-2-5-17(27-13)19(26)24-10-8-23(9-11-24)7-6-18(25)22-16-12-14(20)3-4-15(16)21/h2-5,12H,6-11H2,1H3,(H,22,25). The number of hydrogen-bond donors (Lipinski definition) is 1. The number of furan rings is 1. The van der Waals surface area contributed by atoms with Crippen molar-refractivity contribution in [2.75, 3.05) is 38.0 Å². The number of nitrogens with zero attached hydrogens (tertiary/aromatic N) is 2. The largest absolute Gasteiger partial charge is 0.456 e. The highest BCUT2D eigenvalue weighted by Gasteiger charge is 2.24. The molecule has 1 aliphatic rings. The molecule has 2 aromatic rings. The average molecular weight is 410 g/mol. The molecule has 0 aliphatic carbocycles. The van der Waals surface area contributed by atoms with Gasteiger partial charge in [0.15, 0.2) is 5.76 Å². The number of nitrogens with one attached hydrogen (secondary N) is 1. The molecule has 1 aromatic heterocycles. The van der Waals surface area contributed by atoms with Crippen LogP contribution >= 0.6 is 23.2 Å². The molecule has 1 aliphatic heterocycles. The number of hydrogen-bond acceptors (Lipinski definition) is 4. The predicted molar refractivity (Wildman–Crippen MR) is 105 cm³/mol. The minimum Gasteiger partial charge on any atom is -0.456 e. The van der Waals surface area contributed by atoms with Gasteiger partial charge in [-0.25, -0.2) is 0 Å². The molecule has 1 N–H and O–H groups in total. The molecule has 0 atom stereocenters. The maximum Gasteiger partial charge on any atom is 0.289 e. The second-order valence-electron chi connectivity index (χ2n) is 6.47. The molecule has 0 bridgehead atoms. The lowest BCUT2D eigenvalue weighted by atomic mass is 10.2. The minimum absolute atomic E-state index is 0.0870. The first-order valence-electron chi connectivity index (χ1n) is 8.75. The maximum absolute atomic E-state index is 12.4. The maximum atomic E-state index is 12.4. The number of piperazine rings is 1. The van der Waals surface area contributed by atoms with E-state index < -0.39 is 0 Å². The number of carbonyl (C=O) groups is 2. The first-order chi connectivity index (χ1) is 12.9. The summed E-state index contributed by atoms with van der Waals surface area (Å²) in [4.78, 5) is 28.5. The number of rotatable bonds is 5. The van der Waals surface area contributed by atoms with Gasteiger partial charge in [0.2, 0.25) is 5.91 Å². The van der Waals surface area contributed by atoms with Crippen LogP contribution in [0.1, 0.15) is 22.7 Å². The Hall–Kier alpha value is -2.02. The van der Waals surface area contributed by atoms with Crippen molar-refractivity contribution < 1.29 is 14.0 Å². The summed E-state index contributed by atoms with van der Waals surface area (Å²) < 4.78 is 5.40. The molecule has 1 aromatic carbocycles. The Balaban J connectivity index is 1.43. The molecule has 2 amide bonds. The molecule has 0 radical (unpaired) electrons. The van der Waals surface area contributed by atoms with Gasteiger partial charge >= 0.3 is 0 Å². The lowest BCUT2D eigenvalue weighted by molar-refractivity contribution is -0.116. The number of halogens is 2. The molecule has 8 heteroatoms. The van der Waals surface area contributed by atoms with E-state index >= 15 is 0 Å². The van der Waals surface area contributed by atoms with Crippen LogP contribution in [0.25, 0.3) is 0 Å². The third-order valence-electron chi connectivity index (χ3n) is 4.47. The van der Waals surface area contributed by atoms with Crippen molar-refractivity contribution >= 4 is 40.7 Å². The molecule has 3 rings (SSSR count). The summed E-state index contributed by atoms with van der Waals surface area (Å²) in [5.74, 6) is 0.890. The highest BCUT2D eigenvalue weighted by Crippen LogP contribution is 2.25. The van der Waals surface area contributed by atoms with Gasteiger partial charge in [-0.3, -0.25) is 14.5 Å². The highest BCUT2D eigenvalue weighted by molar-refractivity contribution is 6.35. The van der Waals surface area contributed by atoms with E-state index in [9.17, 15) is 9.59 Å². The Morgan fingerprint density at radius 1 is 1.11 bits per heavy atom. The number of benzene rings is 1. The molecule has 0 spiro atoms. The van der Waals surface area contributed by atoms with Gasteiger partial charge < -0.3 is 14.6 Å². The summed E-state index contributed by atoms with van der Waals surface area (Å²) >= 11 is 12.0. The van der Waals surface area contributed by atoms with Gasteiger partial charge in [-0.15, -0.1) is 0 Å². The van der Waals surface area contributed by atoms with Crippen LogP contribution in [0.5, 0.6) is 0 Å². The fourth-order valence-electron chi connectivity index (χ4n) is 2.95. The van der Waals surface area contributed by atoms with Crippen molar-refractivity contribution in [2.24, 2.45) is 0 Å². The van der Waals surface area contributed by atoms with Crippen LogP contribution in [0.15, 0.2) is 34.7 Å². The number of amides is 2. The second kappa shape index (κ2) is 8.78. The lowest BCUT2D eigenvalue weighted by Gasteiger charge is -2.34. The molecule has 1 saturated heterocycles.